The van der Waals surface area contributed by atoms with Crippen LogP contribution in [0.3, 0.4) is 0 Å². The van der Waals surface area contributed by atoms with E-state index in [-0.39, 0.29) is 0 Å². The van der Waals surface area contributed by atoms with Crippen LogP contribution in [0.15, 0.2) is 18.6 Å². The Hall–Kier alpha value is -1.91. The number of aromatic nitrogens is 4. The molecular formula is C13H19N5. The Morgan fingerprint density at radius 3 is 2.72 bits per heavy atom. The van der Waals surface area contributed by atoms with Gasteiger partial charge in [0.25, 0.3) is 0 Å². The van der Waals surface area contributed by atoms with Crippen molar-refractivity contribution in [1.82, 2.24) is 19.7 Å². The third kappa shape index (κ3) is 2.67. The molecule has 18 heavy (non-hydrogen) atoms. The van der Waals surface area contributed by atoms with Crippen LogP contribution >= 0.6 is 0 Å². The summed E-state index contributed by atoms with van der Waals surface area (Å²) < 4.78 is 1.87. The Bertz CT molecular complexity index is 530. The van der Waals surface area contributed by atoms with Gasteiger partial charge in [0.2, 0.25) is 0 Å². The van der Waals surface area contributed by atoms with E-state index in [1.165, 1.54) is 11.3 Å². The number of hydrogen-bond acceptors (Lipinski definition) is 4. The Morgan fingerprint density at radius 2 is 2.11 bits per heavy atom. The van der Waals surface area contributed by atoms with E-state index in [9.17, 15) is 0 Å². The Balaban J connectivity index is 2.06. The van der Waals surface area contributed by atoms with E-state index in [2.05, 4.69) is 41.2 Å². The maximum atomic E-state index is 4.25. The molecule has 0 saturated heterocycles. The van der Waals surface area contributed by atoms with Crippen LogP contribution in [0.1, 0.15) is 36.7 Å². The van der Waals surface area contributed by atoms with Crippen molar-refractivity contribution >= 4 is 5.82 Å². The summed E-state index contributed by atoms with van der Waals surface area (Å²) in [6.07, 6.45) is 3.49. The number of hydrogen-bond donors (Lipinski definition) is 1. The van der Waals surface area contributed by atoms with Gasteiger partial charge in [0.1, 0.15) is 12.1 Å². The standard InChI is InChI=1S/C13H19N5/c1-9(2)12-5-13(16-8-15-12)14-6-11-7-17-18(4)10(11)3/h5,7-9H,6H2,1-4H3,(H,14,15,16). The Kier molecular flexibility index (Phi) is 3.60. The molecule has 5 nitrogen and oxygen atoms in total. The summed E-state index contributed by atoms with van der Waals surface area (Å²) in [6, 6.07) is 2.00. The summed E-state index contributed by atoms with van der Waals surface area (Å²) in [5.74, 6) is 1.27. The summed E-state index contributed by atoms with van der Waals surface area (Å²) in [5, 5.41) is 7.52. The van der Waals surface area contributed by atoms with Crippen molar-refractivity contribution in [2.75, 3.05) is 5.32 Å². The van der Waals surface area contributed by atoms with Crippen molar-refractivity contribution in [2.24, 2.45) is 7.05 Å². The zero-order valence-corrected chi connectivity index (χ0v) is 11.3. The second-order valence-corrected chi connectivity index (χ2v) is 4.72. The highest BCUT2D eigenvalue weighted by atomic mass is 15.3. The van der Waals surface area contributed by atoms with Crippen molar-refractivity contribution in [3.05, 3.63) is 35.5 Å². The summed E-state index contributed by atoms with van der Waals surface area (Å²) in [7, 11) is 1.94. The molecule has 0 aliphatic rings. The fraction of sp³-hybridized carbons (Fsp3) is 0.462. The predicted molar refractivity (Wildman–Crippen MR) is 71.4 cm³/mol. The molecule has 0 aliphatic carbocycles. The van der Waals surface area contributed by atoms with E-state index in [1.807, 2.05) is 24.0 Å². The number of rotatable bonds is 4. The molecule has 0 bridgehead atoms. The SMILES string of the molecule is Cc1c(CNc2cc(C(C)C)ncn2)cnn1C. The molecule has 0 atom stereocenters. The molecule has 5 heteroatoms. The number of aryl methyl sites for hydroxylation is 1. The summed E-state index contributed by atoms with van der Waals surface area (Å²) in [5.41, 5.74) is 3.40. The molecule has 0 fully saturated rings. The molecule has 0 aliphatic heterocycles. The molecule has 0 radical (unpaired) electrons. The first-order chi connectivity index (χ1) is 8.58. The van der Waals surface area contributed by atoms with E-state index in [1.54, 1.807) is 6.33 Å². The molecule has 0 unspecified atom stereocenters. The second kappa shape index (κ2) is 5.16. The van der Waals surface area contributed by atoms with E-state index in [0.29, 0.717) is 5.92 Å². The average Bonchev–Trinajstić information content (AvgIpc) is 2.68. The molecule has 2 aromatic heterocycles. The molecule has 2 rings (SSSR count). The highest BCUT2D eigenvalue weighted by molar-refractivity contribution is 5.37. The molecule has 0 spiro atoms. The smallest absolute Gasteiger partial charge is 0.129 e. The molecule has 0 aromatic carbocycles. The first kappa shape index (κ1) is 12.5. The maximum absolute atomic E-state index is 4.25. The van der Waals surface area contributed by atoms with Crippen LogP contribution in [0.25, 0.3) is 0 Å². The van der Waals surface area contributed by atoms with Gasteiger partial charge in [-0.05, 0) is 12.8 Å². The highest BCUT2D eigenvalue weighted by Gasteiger charge is 2.05. The van der Waals surface area contributed by atoms with Crippen LogP contribution in [-0.4, -0.2) is 19.7 Å². The van der Waals surface area contributed by atoms with Crippen molar-refractivity contribution in [2.45, 2.75) is 33.2 Å². The molecule has 0 saturated carbocycles. The third-order valence-corrected chi connectivity index (χ3v) is 3.08. The Labute approximate surface area is 107 Å². The van der Waals surface area contributed by atoms with Gasteiger partial charge in [-0.2, -0.15) is 5.10 Å². The maximum Gasteiger partial charge on any atom is 0.129 e. The average molecular weight is 245 g/mol. The van der Waals surface area contributed by atoms with Gasteiger partial charge in [-0.3, -0.25) is 4.68 Å². The predicted octanol–water partition coefficient (Wildman–Crippen LogP) is 2.25. The summed E-state index contributed by atoms with van der Waals surface area (Å²) in [4.78, 5) is 8.47. The lowest BCUT2D eigenvalue weighted by Gasteiger charge is -2.08. The van der Waals surface area contributed by atoms with E-state index in [0.717, 1.165) is 18.1 Å². The largest absolute Gasteiger partial charge is 0.366 e. The lowest BCUT2D eigenvalue weighted by Crippen LogP contribution is -2.04. The monoisotopic (exact) mass is 245 g/mol. The van der Waals surface area contributed by atoms with Gasteiger partial charge in [-0.1, -0.05) is 13.8 Å². The lowest BCUT2D eigenvalue weighted by atomic mass is 10.1. The third-order valence-electron chi connectivity index (χ3n) is 3.08. The van der Waals surface area contributed by atoms with Crippen molar-refractivity contribution in [1.29, 1.82) is 0 Å². The minimum Gasteiger partial charge on any atom is -0.366 e. The van der Waals surface area contributed by atoms with Gasteiger partial charge in [-0.25, -0.2) is 9.97 Å². The van der Waals surface area contributed by atoms with Gasteiger partial charge in [-0.15, -0.1) is 0 Å². The Morgan fingerprint density at radius 1 is 1.33 bits per heavy atom. The molecule has 1 N–H and O–H groups in total. The summed E-state index contributed by atoms with van der Waals surface area (Å²) >= 11 is 0. The van der Waals surface area contributed by atoms with E-state index < -0.39 is 0 Å². The molecule has 2 aromatic rings. The first-order valence-electron chi connectivity index (χ1n) is 6.11. The fourth-order valence-electron chi connectivity index (χ4n) is 1.69. The lowest BCUT2D eigenvalue weighted by molar-refractivity contribution is 0.738. The molecule has 96 valence electrons. The van der Waals surface area contributed by atoms with Gasteiger partial charge >= 0.3 is 0 Å². The van der Waals surface area contributed by atoms with Gasteiger partial charge in [0.15, 0.2) is 0 Å². The van der Waals surface area contributed by atoms with Crippen LogP contribution in [0.5, 0.6) is 0 Å². The van der Waals surface area contributed by atoms with Gasteiger partial charge in [0, 0.05) is 36.6 Å². The minimum atomic E-state index is 0.411. The fourth-order valence-corrected chi connectivity index (χ4v) is 1.69. The van der Waals surface area contributed by atoms with Crippen molar-refractivity contribution in [3.63, 3.8) is 0 Å². The zero-order valence-electron chi connectivity index (χ0n) is 11.3. The van der Waals surface area contributed by atoms with Gasteiger partial charge in [0.05, 0.1) is 6.20 Å². The zero-order chi connectivity index (χ0) is 13.1. The number of nitrogens with one attached hydrogen (secondary N) is 1. The second-order valence-electron chi connectivity index (χ2n) is 4.72. The normalized spacial score (nSPS) is 10.9. The van der Waals surface area contributed by atoms with Crippen LogP contribution < -0.4 is 5.32 Å². The topological polar surface area (TPSA) is 55.6 Å². The van der Waals surface area contributed by atoms with Crippen molar-refractivity contribution < 1.29 is 0 Å². The number of nitrogens with zero attached hydrogens (tertiary/aromatic N) is 4. The van der Waals surface area contributed by atoms with E-state index in [4.69, 9.17) is 0 Å². The molecular weight excluding hydrogens is 226 g/mol. The van der Waals surface area contributed by atoms with Crippen LogP contribution in [0, 0.1) is 6.92 Å². The molecule has 0 amide bonds. The number of anilines is 1. The highest BCUT2D eigenvalue weighted by Crippen LogP contribution is 2.15. The van der Waals surface area contributed by atoms with Crippen LogP contribution in [0.4, 0.5) is 5.82 Å². The minimum absolute atomic E-state index is 0.411. The van der Waals surface area contributed by atoms with Crippen LogP contribution in [0.2, 0.25) is 0 Å². The van der Waals surface area contributed by atoms with E-state index >= 15 is 0 Å². The first-order valence-corrected chi connectivity index (χ1v) is 6.11. The van der Waals surface area contributed by atoms with Crippen LogP contribution in [-0.2, 0) is 13.6 Å². The quantitative estimate of drug-likeness (QED) is 0.897. The van der Waals surface area contributed by atoms with Gasteiger partial charge < -0.3 is 5.32 Å². The summed E-state index contributed by atoms with van der Waals surface area (Å²) in [6.45, 7) is 7.03. The molecule has 2 heterocycles. The van der Waals surface area contributed by atoms with Crippen molar-refractivity contribution in [3.8, 4) is 0 Å².